The fourth-order valence-corrected chi connectivity index (χ4v) is 3.91. The quantitative estimate of drug-likeness (QED) is 0.696. The van der Waals surface area contributed by atoms with Crippen LogP contribution in [0.1, 0.15) is 20.3 Å². The number of hydrogen-bond acceptors (Lipinski definition) is 4. The predicted molar refractivity (Wildman–Crippen MR) is 63.6 cm³/mol. The Hall–Kier alpha value is -0.200. The monoisotopic (exact) mass is 251 g/mol. The normalized spacial score (nSPS) is 30.1. The molecular formula is C9H17NO3S2. The summed E-state index contributed by atoms with van der Waals surface area (Å²) in [7, 11) is -3.06. The summed E-state index contributed by atoms with van der Waals surface area (Å²) in [6, 6.07) is 0. The summed E-state index contributed by atoms with van der Waals surface area (Å²) in [5, 5.41) is -0.431. The summed E-state index contributed by atoms with van der Waals surface area (Å²) in [5.74, 6) is 0.133. The average Bonchev–Trinajstić information content (AvgIpc) is 2.91. The van der Waals surface area contributed by atoms with E-state index in [0.717, 1.165) is 0 Å². The molecule has 1 fully saturated rings. The molecule has 4 nitrogen and oxygen atoms in total. The lowest BCUT2D eigenvalue weighted by atomic mass is 10.1. The zero-order chi connectivity index (χ0) is 11.7. The van der Waals surface area contributed by atoms with Crippen LogP contribution in [0.3, 0.4) is 0 Å². The fourth-order valence-electron chi connectivity index (χ4n) is 1.71. The molecular weight excluding hydrogens is 234 g/mol. The molecule has 6 heteroatoms. The molecule has 0 saturated heterocycles. The Balaban J connectivity index is 2.79. The van der Waals surface area contributed by atoms with Gasteiger partial charge in [0, 0.05) is 12.4 Å². The second-order valence-electron chi connectivity index (χ2n) is 3.80. The van der Waals surface area contributed by atoms with Crippen molar-refractivity contribution in [3.05, 3.63) is 0 Å². The molecule has 15 heavy (non-hydrogen) atoms. The van der Waals surface area contributed by atoms with E-state index in [-0.39, 0.29) is 10.7 Å². The van der Waals surface area contributed by atoms with Crippen LogP contribution in [0.25, 0.3) is 0 Å². The molecule has 1 aliphatic carbocycles. The van der Waals surface area contributed by atoms with E-state index in [1.807, 2.05) is 6.92 Å². The van der Waals surface area contributed by atoms with Crippen LogP contribution in [0.2, 0.25) is 0 Å². The van der Waals surface area contributed by atoms with Crippen LogP contribution in [0, 0.1) is 5.41 Å². The number of hydrogen-bond donors (Lipinski definition) is 1. The van der Waals surface area contributed by atoms with Gasteiger partial charge >= 0.3 is 0 Å². The van der Waals surface area contributed by atoms with Crippen molar-refractivity contribution >= 4 is 27.0 Å². The summed E-state index contributed by atoms with van der Waals surface area (Å²) in [6.07, 6.45) is 0.512. The molecule has 0 unspecified atom stereocenters. The molecule has 0 aliphatic heterocycles. The minimum Gasteiger partial charge on any atom is -0.393 e. The topological polar surface area (TPSA) is 69.4 Å². The molecule has 0 bridgehead atoms. The number of nitrogens with two attached hydrogens (primary N) is 1. The van der Waals surface area contributed by atoms with Gasteiger partial charge in [0.25, 0.3) is 0 Å². The summed E-state index contributed by atoms with van der Waals surface area (Å²) in [6.45, 7) is 4.36. The molecule has 1 saturated carbocycles. The number of rotatable bonds is 6. The van der Waals surface area contributed by atoms with Crippen molar-refractivity contribution in [1.82, 2.24) is 0 Å². The molecule has 2 atom stereocenters. The number of sulfone groups is 1. The van der Waals surface area contributed by atoms with E-state index < -0.39 is 20.5 Å². The van der Waals surface area contributed by atoms with Crippen molar-refractivity contribution in [1.29, 1.82) is 0 Å². The first-order chi connectivity index (χ1) is 6.90. The van der Waals surface area contributed by atoms with Crippen LogP contribution >= 0.6 is 12.2 Å². The van der Waals surface area contributed by atoms with Crippen LogP contribution in [0.5, 0.6) is 0 Å². The van der Waals surface area contributed by atoms with Gasteiger partial charge in [0.1, 0.15) is 0 Å². The highest BCUT2D eigenvalue weighted by atomic mass is 32.2. The van der Waals surface area contributed by atoms with Gasteiger partial charge in [-0.15, -0.1) is 0 Å². The fraction of sp³-hybridized carbons (Fsp3) is 0.889. The predicted octanol–water partition coefficient (Wildman–Crippen LogP) is 0.502. The Morgan fingerprint density at radius 2 is 2.20 bits per heavy atom. The third-order valence-corrected chi connectivity index (χ3v) is 5.59. The average molecular weight is 251 g/mol. The lowest BCUT2D eigenvalue weighted by Crippen LogP contribution is -2.33. The highest BCUT2D eigenvalue weighted by molar-refractivity contribution is 7.92. The maximum atomic E-state index is 11.7. The van der Waals surface area contributed by atoms with Gasteiger partial charge in [-0.3, -0.25) is 0 Å². The summed E-state index contributed by atoms with van der Waals surface area (Å²) < 4.78 is 28.6. The zero-order valence-corrected chi connectivity index (χ0v) is 10.7. The largest absolute Gasteiger partial charge is 0.393 e. The second-order valence-corrected chi connectivity index (χ2v) is 6.71. The summed E-state index contributed by atoms with van der Waals surface area (Å²) in [5.41, 5.74) is 5.01. The Morgan fingerprint density at radius 3 is 2.60 bits per heavy atom. The van der Waals surface area contributed by atoms with Gasteiger partial charge in [-0.25, -0.2) is 8.42 Å². The summed E-state index contributed by atoms with van der Waals surface area (Å²) >= 11 is 4.93. The van der Waals surface area contributed by atoms with Crippen LogP contribution in [-0.2, 0) is 14.6 Å². The van der Waals surface area contributed by atoms with Crippen molar-refractivity contribution in [2.75, 3.05) is 19.0 Å². The van der Waals surface area contributed by atoms with E-state index in [2.05, 4.69) is 0 Å². The van der Waals surface area contributed by atoms with E-state index in [1.54, 1.807) is 6.92 Å². The first-order valence-electron chi connectivity index (χ1n) is 5.00. The molecule has 0 aromatic heterocycles. The second kappa shape index (κ2) is 4.35. The Morgan fingerprint density at radius 1 is 1.60 bits per heavy atom. The lowest BCUT2D eigenvalue weighted by Gasteiger charge is -2.15. The van der Waals surface area contributed by atoms with Gasteiger partial charge in [0.05, 0.1) is 22.3 Å². The van der Waals surface area contributed by atoms with Gasteiger partial charge in [-0.05, 0) is 13.3 Å². The van der Waals surface area contributed by atoms with Crippen molar-refractivity contribution < 1.29 is 13.2 Å². The van der Waals surface area contributed by atoms with Crippen LogP contribution < -0.4 is 5.73 Å². The molecule has 1 rings (SSSR count). The zero-order valence-electron chi connectivity index (χ0n) is 9.02. The van der Waals surface area contributed by atoms with Gasteiger partial charge in [0.15, 0.2) is 9.84 Å². The molecule has 0 heterocycles. The minimum absolute atomic E-state index is 0.133. The molecule has 0 aromatic rings. The highest BCUT2D eigenvalue weighted by Crippen LogP contribution is 2.51. The molecule has 0 spiro atoms. The van der Waals surface area contributed by atoms with Crippen molar-refractivity contribution in [3.63, 3.8) is 0 Å². The number of ether oxygens (including phenoxy) is 1. The van der Waals surface area contributed by atoms with Crippen molar-refractivity contribution in [2.24, 2.45) is 11.1 Å². The molecule has 1 aliphatic rings. The third kappa shape index (κ3) is 2.32. The van der Waals surface area contributed by atoms with Crippen molar-refractivity contribution in [2.45, 2.75) is 25.5 Å². The van der Waals surface area contributed by atoms with Gasteiger partial charge in [-0.1, -0.05) is 19.1 Å². The smallest absolute Gasteiger partial charge is 0.153 e. The number of thiocarbonyl (C=S) groups is 1. The highest BCUT2D eigenvalue weighted by Gasteiger charge is 2.62. The van der Waals surface area contributed by atoms with Gasteiger partial charge < -0.3 is 10.5 Å². The van der Waals surface area contributed by atoms with Crippen molar-refractivity contribution in [3.8, 4) is 0 Å². The maximum absolute atomic E-state index is 11.7. The standard InChI is InChI=1S/C9H17NO3S2/c1-3-13-6-9(8(10)14)5-7(9)15(11,12)4-2/h7H,3-6H2,1-2H3,(H2,10,14)/t7-,9+/m1/s1. The molecule has 88 valence electrons. The third-order valence-electron chi connectivity index (χ3n) is 2.90. The molecule has 2 N–H and O–H groups in total. The maximum Gasteiger partial charge on any atom is 0.153 e. The minimum atomic E-state index is -3.06. The van der Waals surface area contributed by atoms with Crippen LogP contribution in [-0.4, -0.2) is 37.6 Å². The Bertz CT molecular complexity index is 352. The Kier molecular flexibility index (Phi) is 3.73. The van der Waals surface area contributed by atoms with E-state index in [9.17, 15) is 8.42 Å². The SMILES string of the molecule is CCOC[C@@]1(C(N)=S)C[C@H]1S(=O)(=O)CC. The van der Waals surface area contributed by atoms with E-state index in [4.69, 9.17) is 22.7 Å². The molecule has 0 radical (unpaired) electrons. The van der Waals surface area contributed by atoms with E-state index in [1.165, 1.54) is 0 Å². The Labute approximate surface area is 96.1 Å². The van der Waals surface area contributed by atoms with E-state index in [0.29, 0.717) is 19.6 Å². The molecule has 0 aromatic carbocycles. The van der Waals surface area contributed by atoms with Gasteiger partial charge in [0.2, 0.25) is 0 Å². The van der Waals surface area contributed by atoms with E-state index >= 15 is 0 Å². The van der Waals surface area contributed by atoms with Crippen LogP contribution in [0.15, 0.2) is 0 Å². The first kappa shape index (κ1) is 12.9. The molecule has 0 amide bonds. The first-order valence-corrected chi connectivity index (χ1v) is 7.12. The van der Waals surface area contributed by atoms with Gasteiger partial charge in [-0.2, -0.15) is 0 Å². The summed E-state index contributed by atoms with van der Waals surface area (Å²) in [4.78, 5) is 0.262. The van der Waals surface area contributed by atoms with Crippen LogP contribution in [0.4, 0.5) is 0 Å². The lowest BCUT2D eigenvalue weighted by molar-refractivity contribution is 0.123.